The molecular formula is C19H29NO. The summed E-state index contributed by atoms with van der Waals surface area (Å²) in [6.45, 7) is 4.82. The molecule has 2 nitrogen and oxygen atoms in total. The Kier molecular flexibility index (Phi) is 4.54. The predicted molar refractivity (Wildman–Crippen MR) is 87.9 cm³/mol. The highest BCUT2D eigenvalue weighted by Crippen LogP contribution is 2.39. The largest absolute Gasteiger partial charge is 0.497 e. The Morgan fingerprint density at radius 3 is 2.24 bits per heavy atom. The van der Waals surface area contributed by atoms with Gasteiger partial charge in [-0.05, 0) is 67.6 Å². The Bertz CT molecular complexity index is 449. The Hall–Kier alpha value is -1.02. The predicted octanol–water partition coefficient (Wildman–Crippen LogP) is 4.36. The topological polar surface area (TPSA) is 21.3 Å². The zero-order valence-corrected chi connectivity index (χ0v) is 13.6. The van der Waals surface area contributed by atoms with E-state index >= 15 is 0 Å². The van der Waals surface area contributed by atoms with E-state index in [1.54, 1.807) is 7.11 Å². The van der Waals surface area contributed by atoms with Gasteiger partial charge in [0.25, 0.3) is 0 Å². The van der Waals surface area contributed by atoms with Gasteiger partial charge in [0.2, 0.25) is 0 Å². The van der Waals surface area contributed by atoms with Gasteiger partial charge in [0.05, 0.1) is 7.11 Å². The minimum absolute atomic E-state index is 0.739. The first-order valence-electron chi connectivity index (χ1n) is 8.55. The SMILES string of the molecule is COc1ccc(C2CC(NC3CCC(C)C(C)C3)C2)cc1. The summed E-state index contributed by atoms with van der Waals surface area (Å²) >= 11 is 0. The van der Waals surface area contributed by atoms with Crippen molar-refractivity contribution in [3.8, 4) is 5.75 Å². The lowest BCUT2D eigenvalue weighted by molar-refractivity contribution is 0.183. The second-order valence-corrected chi connectivity index (χ2v) is 7.27. The summed E-state index contributed by atoms with van der Waals surface area (Å²) in [5.41, 5.74) is 1.47. The van der Waals surface area contributed by atoms with Crippen molar-refractivity contribution < 1.29 is 4.74 Å². The van der Waals surface area contributed by atoms with Crippen molar-refractivity contribution >= 4 is 0 Å². The Morgan fingerprint density at radius 2 is 1.62 bits per heavy atom. The zero-order valence-electron chi connectivity index (χ0n) is 13.6. The third-order valence-electron chi connectivity index (χ3n) is 5.79. The second kappa shape index (κ2) is 6.39. The average molecular weight is 287 g/mol. The van der Waals surface area contributed by atoms with Crippen molar-refractivity contribution in [3.05, 3.63) is 29.8 Å². The van der Waals surface area contributed by atoms with Gasteiger partial charge in [-0.15, -0.1) is 0 Å². The first-order chi connectivity index (χ1) is 10.2. The van der Waals surface area contributed by atoms with Gasteiger partial charge in [-0.1, -0.05) is 26.0 Å². The molecule has 2 saturated carbocycles. The van der Waals surface area contributed by atoms with Crippen molar-refractivity contribution in [2.45, 2.75) is 64.0 Å². The van der Waals surface area contributed by atoms with Crippen molar-refractivity contribution in [2.75, 3.05) is 7.11 Å². The second-order valence-electron chi connectivity index (χ2n) is 7.27. The molecule has 3 atom stereocenters. The van der Waals surface area contributed by atoms with E-state index in [1.165, 1.54) is 37.7 Å². The van der Waals surface area contributed by atoms with Crippen molar-refractivity contribution in [2.24, 2.45) is 11.8 Å². The smallest absolute Gasteiger partial charge is 0.118 e. The lowest BCUT2D eigenvalue weighted by Crippen LogP contribution is -2.47. The Labute approximate surface area is 129 Å². The number of methoxy groups -OCH3 is 1. The maximum Gasteiger partial charge on any atom is 0.118 e. The standard InChI is InChI=1S/C19H29NO/c1-13-4-7-17(10-14(13)2)20-18-11-16(12-18)15-5-8-19(21-3)9-6-15/h5-6,8-9,13-14,16-18,20H,4,7,10-12H2,1-3H3. The van der Waals surface area contributed by atoms with Gasteiger partial charge in [0.15, 0.2) is 0 Å². The first-order valence-corrected chi connectivity index (χ1v) is 8.55. The summed E-state index contributed by atoms with van der Waals surface area (Å²) < 4.78 is 5.23. The number of hydrogen-bond acceptors (Lipinski definition) is 2. The van der Waals surface area contributed by atoms with Crippen molar-refractivity contribution in [3.63, 3.8) is 0 Å². The molecule has 116 valence electrons. The highest BCUT2D eigenvalue weighted by Gasteiger charge is 2.33. The molecule has 0 aromatic heterocycles. The molecule has 3 rings (SSSR count). The van der Waals surface area contributed by atoms with Gasteiger partial charge >= 0.3 is 0 Å². The fourth-order valence-corrected chi connectivity index (χ4v) is 3.93. The van der Waals surface area contributed by atoms with Gasteiger partial charge in [0, 0.05) is 12.1 Å². The van der Waals surface area contributed by atoms with Crippen LogP contribution in [0, 0.1) is 11.8 Å². The van der Waals surface area contributed by atoms with Crippen molar-refractivity contribution in [1.82, 2.24) is 5.32 Å². The Morgan fingerprint density at radius 1 is 0.905 bits per heavy atom. The fraction of sp³-hybridized carbons (Fsp3) is 0.684. The van der Waals surface area contributed by atoms with Gasteiger partial charge in [0.1, 0.15) is 5.75 Å². The van der Waals surface area contributed by atoms with Crippen LogP contribution in [0.4, 0.5) is 0 Å². The van der Waals surface area contributed by atoms with Crippen LogP contribution in [-0.2, 0) is 0 Å². The number of rotatable bonds is 4. The zero-order chi connectivity index (χ0) is 14.8. The molecule has 1 N–H and O–H groups in total. The molecule has 0 bridgehead atoms. The number of benzene rings is 1. The van der Waals surface area contributed by atoms with E-state index in [4.69, 9.17) is 4.74 Å². The van der Waals surface area contributed by atoms with E-state index in [9.17, 15) is 0 Å². The third-order valence-corrected chi connectivity index (χ3v) is 5.79. The van der Waals surface area contributed by atoms with Crippen LogP contribution in [0.5, 0.6) is 5.75 Å². The molecule has 0 saturated heterocycles. The molecule has 21 heavy (non-hydrogen) atoms. The molecule has 0 radical (unpaired) electrons. The number of nitrogens with one attached hydrogen (secondary N) is 1. The summed E-state index contributed by atoms with van der Waals surface area (Å²) in [4.78, 5) is 0. The van der Waals surface area contributed by atoms with Crippen LogP contribution in [0.15, 0.2) is 24.3 Å². The quantitative estimate of drug-likeness (QED) is 0.888. The van der Waals surface area contributed by atoms with Crippen LogP contribution in [0.25, 0.3) is 0 Å². The van der Waals surface area contributed by atoms with Crippen LogP contribution in [0.2, 0.25) is 0 Å². The molecule has 2 heteroatoms. The average Bonchev–Trinajstić information content (AvgIpc) is 2.46. The van der Waals surface area contributed by atoms with Crippen molar-refractivity contribution in [1.29, 1.82) is 0 Å². The highest BCUT2D eigenvalue weighted by molar-refractivity contribution is 5.30. The molecule has 2 aliphatic rings. The molecule has 0 heterocycles. The minimum atomic E-state index is 0.739. The van der Waals surface area contributed by atoms with E-state index < -0.39 is 0 Å². The van der Waals surface area contributed by atoms with E-state index in [0.717, 1.165) is 35.6 Å². The molecule has 0 amide bonds. The summed E-state index contributed by atoms with van der Waals surface area (Å²) in [6, 6.07) is 10.1. The van der Waals surface area contributed by atoms with Crippen LogP contribution in [0.1, 0.15) is 57.4 Å². The van der Waals surface area contributed by atoms with Gasteiger partial charge in [-0.2, -0.15) is 0 Å². The maximum atomic E-state index is 5.23. The number of ether oxygens (including phenoxy) is 1. The lowest BCUT2D eigenvalue weighted by Gasteiger charge is -2.41. The first kappa shape index (κ1) is 14.9. The molecular weight excluding hydrogens is 258 g/mol. The third kappa shape index (κ3) is 3.42. The summed E-state index contributed by atoms with van der Waals surface area (Å²) in [5, 5.41) is 3.90. The van der Waals surface area contributed by atoms with Crippen LogP contribution in [-0.4, -0.2) is 19.2 Å². The highest BCUT2D eigenvalue weighted by atomic mass is 16.5. The summed E-state index contributed by atoms with van der Waals surface area (Å²) in [5.74, 6) is 3.50. The lowest BCUT2D eigenvalue weighted by atomic mass is 9.74. The van der Waals surface area contributed by atoms with Gasteiger partial charge < -0.3 is 10.1 Å². The van der Waals surface area contributed by atoms with Gasteiger partial charge in [-0.25, -0.2) is 0 Å². The van der Waals surface area contributed by atoms with E-state index in [1.807, 2.05) is 0 Å². The summed E-state index contributed by atoms with van der Waals surface area (Å²) in [7, 11) is 1.73. The Balaban J connectivity index is 1.45. The normalized spacial score (nSPS) is 36.0. The number of hydrogen-bond donors (Lipinski definition) is 1. The van der Waals surface area contributed by atoms with Crippen LogP contribution >= 0.6 is 0 Å². The molecule has 0 aliphatic heterocycles. The molecule has 1 aromatic carbocycles. The van der Waals surface area contributed by atoms with Gasteiger partial charge in [-0.3, -0.25) is 0 Å². The fourth-order valence-electron chi connectivity index (χ4n) is 3.93. The maximum absolute atomic E-state index is 5.23. The van der Waals surface area contributed by atoms with Crippen LogP contribution in [0.3, 0.4) is 0 Å². The summed E-state index contributed by atoms with van der Waals surface area (Å²) in [6.07, 6.45) is 6.73. The molecule has 1 aromatic rings. The molecule has 0 spiro atoms. The molecule has 3 unspecified atom stereocenters. The van der Waals surface area contributed by atoms with E-state index in [2.05, 4.69) is 43.4 Å². The van der Waals surface area contributed by atoms with E-state index in [0.29, 0.717) is 0 Å². The molecule has 2 aliphatic carbocycles. The van der Waals surface area contributed by atoms with E-state index in [-0.39, 0.29) is 0 Å². The molecule has 2 fully saturated rings. The monoisotopic (exact) mass is 287 g/mol. The minimum Gasteiger partial charge on any atom is -0.497 e. The van der Waals surface area contributed by atoms with Crippen LogP contribution < -0.4 is 10.1 Å².